The molecule has 9 heteroatoms. The van der Waals surface area contributed by atoms with Crippen LogP contribution in [-0.4, -0.2) is 31.9 Å². The molecule has 0 fully saturated rings. The van der Waals surface area contributed by atoms with E-state index in [1.54, 1.807) is 24.7 Å². The van der Waals surface area contributed by atoms with Crippen LogP contribution in [0.15, 0.2) is 79.3 Å². The maximum Gasteiger partial charge on any atom is 0.255 e. The van der Waals surface area contributed by atoms with Gasteiger partial charge < -0.3 is 5.32 Å². The fourth-order valence-corrected chi connectivity index (χ4v) is 3.47. The zero-order valence-corrected chi connectivity index (χ0v) is 17.4. The number of hydrogen-bond donors (Lipinski definition) is 2. The van der Waals surface area contributed by atoms with Gasteiger partial charge in [0.15, 0.2) is 11.6 Å². The van der Waals surface area contributed by atoms with E-state index in [4.69, 9.17) is 0 Å². The number of ketones is 1. The Balaban J connectivity index is 1.46. The zero-order chi connectivity index (χ0) is 23.7. The SMILES string of the molecule is O=C(Nc1cccc(C(=O)c2ccc3ncc(-c4cn[nH]c4)nc3c2)c1F)c1cccc(F)c1. The van der Waals surface area contributed by atoms with Crippen molar-refractivity contribution in [3.05, 3.63) is 108 Å². The molecule has 1 amide bonds. The highest BCUT2D eigenvalue weighted by Gasteiger charge is 2.19. The fraction of sp³-hybridized carbons (Fsp3) is 0. The normalized spacial score (nSPS) is 10.9. The van der Waals surface area contributed by atoms with Crippen LogP contribution in [0.1, 0.15) is 26.3 Å². The maximum atomic E-state index is 15.2. The van der Waals surface area contributed by atoms with Crippen molar-refractivity contribution in [2.24, 2.45) is 0 Å². The van der Waals surface area contributed by atoms with Crippen LogP contribution < -0.4 is 5.32 Å². The lowest BCUT2D eigenvalue weighted by Gasteiger charge is -2.10. The minimum Gasteiger partial charge on any atom is -0.319 e. The lowest BCUT2D eigenvalue weighted by molar-refractivity contribution is 0.101. The second-order valence-electron chi connectivity index (χ2n) is 7.41. The molecule has 0 saturated carbocycles. The summed E-state index contributed by atoms with van der Waals surface area (Å²) in [4.78, 5) is 34.4. The van der Waals surface area contributed by atoms with Gasteiger partial charge in [0.05, 0.1) is 40.4 Å². The van der Waals surface area contributed by atoms with Gasteiger partial charge in [-0.15, -0.1) is 0 Å². The van der Waals surface area contributed by atoms with E-state index in [1.807, 2.05) is 0 Å². The lowest BCUT2D eigenvalue weighted by Crippen LogP contribution is -2.15. The van der Waals surface area contributed by atoms with Crippen molar-refractivity contribution in [1.82, 2.24) is 20.2 Å². The van der Waals surface area contributed by atoms with Crippen molar-refractivity contribution in [2.45, 2.75) is 0 Å². The number of fused-ring (bicyclic) bond motifs is 1. The van der Waals surface area contributed by atoms with E-state index < -0.39 is 23.3 Å². The molecule has 0 bridgehead atoms. The third-order valence-corrected chi connectivity index (χ3v) is 5.18. The minimum absolute atomic E-state index is 0.0256. The molecule has 2 aromatic heterocycles. The van der Waals surface area contributed by atoms with Gasteiger partial charge in [-0.05, 0) is 48.5 Å². The molecule has 0 spiro atoms. The number of nitrogens with zero attached hydrogens (tertiary/aromatic N) is 3. The number of H-pyrrole nitrogens is 1. The maximum absolute atomic E-state index is 15.2. The summed E-state index contributed by atoms with van der Waals surface area (Å²) in [6, 6.07) is 13.8. The van der Waals surface area contributed by atoms with Crippen molar-refractivity contribution >= 4 is 28.4 Å². The Morgan fingerprint density at radius 1 is 0.882 bits per heavy atom. The molecule has 0 aliphatic rings. The molecule has 2 heterocycles. The molecule has 0 aliphatic heterocycles. The predicted molar refractivity (Wildman–Crippen MR) is 121 cm³/mol. The highest BCUT2D eigenvalue weighted by Crippen LogP contribution is 2.24. The number of carbonyl (C=O) groups is 2. The Kier molecular flexibility index (Phi) is 5.35. The topological polar surface area (TPSA) is 101 Å². The van der Waals surface area contributed by atoms with E-state index in [-0.39, 0.29) is 22.4 Å². The highest BCUT2D eigenvalue weighted by molar-refractivity contribution is 6.11. The van der Waals surface area contributed by atoms with Crippen LogP contribution in [0.25, 0.3) is 22.3 Å². The van der Waals surface area contributed by atoms with Crippen LogP contribution in [0.5, 0.6) is 0 Å². The third-order valence-electron chi connectivity index (χ3n) is 5.18. The summed E-state index contributed by atoms with van der Waals surface area (Å²) in [5, 5.41) is 8.98. The number of hydrogen-bond acceptors (Lipinski definition) is 5. The van der Waals surface area contributed by atoms with E-state index in [1.165, 1.54) is 48.5 Å². The van der Waals surface area contributed by atoms with E-state index >= 15 is 4.39 Å². The molecule has 5 rings (SSSR count). The van der Waals surface area contributed by atoms with E-state index in [2.05, 4.69) is 25.5 Å². The van der Waals surface area contributed by atoms with Gasteiger partial charge >= 0.3 is 0 Å². The second-order valence-corrected chi connectivity index (χ2v) is 7.41. The van der Waals surface area contributed by atoms with Gasteiger partial charge in [-0.2, -0.15) is 5.10 Å². The summed E-state index contributed by atoms with van der Waals surface area (Å²) in [6.45, 7) is 0. The first-order chi connectivity index (χ1) is 16.5. The summed E-state index contributed by atoms with van der Waals surface area (Å²) in [7, 11) is 0. The molecule has 0 atom stereocenters. The molecule has 3 aromatic carbocycles. The first-order valence-corrected chi connectivity index (χ1v) is 10.2. The number of aromatic nitrogens is 4. The number of amides is 1. The van der Waals surface area contributed by atoms with E-state index in [0.29, 0.717) is 16.7 Å². The van der Waals surface area contributed by atoms with Crippen molar-refractivity contribution in [3.63, 3.8) is 0 Å². The van der Waals surface area contributed by atoms with Crippen LogP contribution >= 0.6 is 0 Å². The number of halogens is 2. The molecule has 0 unspecified atom stereocenters. The van der Waals surface area contributed by atoms with Gasteiger partial charge in [-0.1, -0.05) is 12.1 Å². The number of aromatic amines is 1. The first kappa shape index (κ1) is 21.1. The molecule has 5 aromatic rings. The second kappa shape index (κ2) is 8.62. The van der Waals surface area contributed by atoms with E-state index in [0.717, 1.165) is 11.6 Å². The van der Waals surface area contributed by atoms with Crippen LogP contribution in [0.3, 0.4) is 0 Å². The van der Waals surface area contributed by atoms with E-state index in [9.17, 15) is 14.0 Å². The highest BCUT2D eigenvalue weighted by atomic mass is 19.1. The summed E-state index contributed by atoms with van der Waals surface area (Å²) in [5.41, 5.74) is 2.15. The molecular formula is C25H15F2N5O2. The summed E-state index contributed by atoms with van der Waals surface area (Å²) < 4.78 is 28.6. The third kappa shape index (κ3) is 4.02. The molecule has 0 radical (unpaired) electrons. The van der Waals surface area contributed by atoms with Gasteiger partial charge in [-0.3, -0.25) is 19.7 Å². The van der Waals surface area contributed by atoms with Gasteiger partial charge in [0.2, 0.25) is 0 Å². The fourth-order valence-electron chi connectivity index (χ4n) is 3.47. The Labute approximate surface area is 191 Å². The quantitative estimate of drug-likeness (QED) is 0.372. The van der Waals surface area contributed by atoms with Crippen LogP contribution in [-0.2, 0) is 0 Å². The average Bonchev–Trinajstić information content (AvgIpc) is 3.39. The van der Waals surface area contributed by atoms with Gasteiger partial charge in [0.25, 0.3) is 5.91 Å². The summed E-state index contributed by atoms with van der Waals surface area (Å²) in [6.07, 6.45) is 4.87. The van der Waals surface area contributed by atoms with Crippen molar-refractivity contribution < 1.29 is 18.4 Å². The van der Waals surface area contributed by atoms with Crippen molar-refractivity contribution in [2.75, 3.05) is 5.32 Å². The Hall–Kier alpha value is -4.79. The predicted octanol–water partition coefficient (Wildman–Crippen LogP) is 4.78. The van der Waals surface area contributed by atoms with Gasteiger partial charge in [0, 0.05) is 22.9 Å². The lowest BCUT2D eigenvalue weighted by atomic mass is 10.0. The minimum atomic E-state index is -0.893. The van der Waals surface area contributed by atoms with Crippen molar-refractivity contribution in [1.29, 1.82) is 0 Å². The number of nitrogens with one attached hydrogen (secondary N) is 2. The Bertz CT molecular complexity index is 1550. The molecule has 0 aliphatic carbocycles. The molecule has 7 nitrogen and oxygen atoms in total. The van der Waals surface area contributed by atoms with Crippen molar-refractivity contribution in [3.8, 4) is 11.3 Å². The first-order valence-electron chi connectivity index (χ1n) is 10.2. The number of carbonyl (C=O) groups excluding carboxylic acids is 2. The number of anilines is 1. The number of benzene rings is 3. The van der Waals surface area contributed by atoms with Gasteiger partial charge in [-0.25, -0.2) is 13.8 Å². The molecule has 166 valence electrons. The Morgan fingerprint density at radius 3 is 2.53 bits per heavy atom. The zero-order valence-electron chi connectivity index (χ0n) is 17.4. The summed E-state index contributed by atoms with van der Waals surface area (Å²) in [5.74, 6) is -2.77. The van der Waals surface area contributed by atoms with Crippen LogP contribution in [0, 0.1) is 11.6 Å². The number of rotatable bonds is 5. The molecule has 0 saturated heterocycles. The average molecular weight is 455 g/mol. The largest absolute Gasteiger partial charge is 0.319 e. The van der Waals surface area contributed by atoms with Crippen LogP contribution in [0.2, 0.25) is 0 Å². The monoisotopic (exact) mass is 455 g/mol. The molecular weight excluding hydrogens is 440 g/mol. The smallest absolute Gasteiger partial charge is 0.255 e. The Morgan fingerprint density at radius 2 is 1.74 bits per heavy atom. The molecule has 2 N–H and O–H groups in total. The molecule has 34 heavy (non-hydrogen) atoms. The summed E-state index contributed by atoms with van der Waals surface area (Å²) >= 11 is 0. The van der Waals surface area contributed by atoms with Crippen LogP contribution in [0.4, 0.5) is 14.5 Å². The van der Waals surface area contributed by atoms with Gasteiger partial charge in [0.1, 0.15) is 5.82 Å². The standard InChI is InChI=1S/C25H15F2N5O2/c26-17-4-1-3-15(9-17)25(34)32-20-6-2-5-18(23(20)27)24(33)14-7-8-19-21(10-14)31-22(13-28-19)16-11-29-30-12-16/h1-13H,(H,29,30)(H,32,34).